The summed E-state index contributed by atoms with van der Waals surface area (Å²) in [6.45, 7) is 2.06. The molecule has 2 aromatic heterocycles. The Kier molecular flexibility index (Phi) is 5.59. The summed E-state index contributed by atoms with van der Waals surface area (Å²) in [5.41, 5.74) is -0.177. The Bertz CT molecular complexity index is 905. The Morgan fingerprint density at radius 3 is 2.78 bits per heavy atom. The first kappa shape index (κ1) is 19.1. The molecular weight excluding hydrogens is 377 g/mol. The number of halogens is 3. The van der Waals surface area contributed by atoms with Gasteiger partial charge in [0, 0.05) is 4.88 Å². The molecule has 9 heteroatoms. The van der Waals surface area contributed by atoms with E-state index in [0.29, 0.717) is 5.56 Å². The fourth-order valence-corrected chi connectivity index (χ4v) is 3.47. The Morgan fingerprint density at radius 1 is 1.30 bits per heavy atom. The Morgan fingerprint density at radius 2 is 2.11 bits per heavy atom. The number of rotatable bonds is 6. The van der Waals surface area contributed by atoms with Gasteiger partial charge in [0.15, 0.2) is 5.69 Å². The highest BCUT2D eigenvalue weighted by Crippen LogP contribution is 2.29. The maximum Gasteiger partial charge on any atom is 0.416 e. The number of nitrogens with zero attached hydrogens (tertiary/aromatic N) is 3. The molecular formula is C18H17F3N4OS. The minimum atomic E-state index is -4.40. The highest BCUT2D eigenvalue weighted by molar-refractivity contribution is 7.10. The van der Waals surface area contributed by atoms with Crippen molar-refractivity contribution in [3.63, 3.8) is 0 Å². The third-order valence-electron chi connectivity index (χ3n) is 3.97. The van der Waals surface area contributed by atoms with Gasteiger partial charge >= 0.3 is 6.18 Å². The van der Waals surface area contributed by atoms with Gasteiger partial charge in [-0.2, -0.15) is 13.2 Å². The molecule has 142 valence electrons. The standard InChI is InChI=1S/C18H17F3N4OS/c1-2-14(16-7-4-8-27-16)22-17(26)15-11-25(24-23-15)10-12-5-3-6-13(9-12)18(19,20)21/h3-9,11,14H,2,10H2,1H3,(H,22,26)/t14-/m1/s1. The van der Waals surface area contributed by atoms with E-state index in [1.807, 2.05) is 24.4 Å². The number of alkyl halides is 3. The first-order valence-corrected chi connectivity index (χ1v) is 9.15. The van der Waals surface area contributed by atoms with Gasteiger partial charge < -0.3 is 5.32 Å². The minimum Gasteiger partial charge on any atom is -0.343 e. The van der Waals surface area contributed by atoms with Crippen LogP contribution in [0.1, 0.15) is 45.9 Å². The lowest BCUT2D eigenvalue weighted by molar-refractivity contribution is -0.137. The highest BCUT2D eigenvalue weighted by atomic mass is 32.1. The van der Waals surface area contributed by atoms with E-state index >= 15 is 0 Å². The molecule has 0 unspecified atom stereocenters. The molecule has 2 heterocycles. The normalized spacial score (nSPS) is 12.7. The van der Waals surface area contributed by atoms with E-state index in [-0.39, 0.29) is 24.2 Å². The number of carbonyl (C=O) groups is 1. The summed E-state index contributed by atoms with van der Waals surface area (Å²) in [5, 5.41) is 12.5. The van der Waals surface area contributed by atoms with Crippen LogP contribution in [0, 0.1) is 0 Å². The summed E-state index contributed by atoms with van der Waals surface area (Å²) in [7, 11) is 0. The molecule has 0 spiro atoms. The molecule has 0 aliphatic carbocycles. The molecule has 3 aromatic rings. The number of nitrogens with one attached hydrogen (secondary N) is 1. The van der Waals surface area contributed by atoms with E-state index in [4.69, 9.17) is 0 Å². The smallest absolute Gasteiger partial charge is 0.343 e. The third kappa shape index (κ3) is 4.73. The summed E-state index contributed by atoms with van der Waals surface area (Å²) < 4.78 is 39.7. The summed E-state index contributed by atoms with van der Waals surface area (Å²) in [6.07, 6.45) is -2.25. The predicted octanol–water partition coefficient (Wildman–Crippen LogP) is 4.29. The molecule has 1 aromatic carbocycles. The fraction of sp³-hybridized carbons (Fsp3) is 0.278. The lowest BCUT2D eigenvalue weighted by Crippen LogP contribution is -2.27. The molecule has 5 nitrogen and oxygen atoms in total. The largest absolute Gasteiger partial charge is 0.416 e. The van der Waals surface area contributed by atoms with Crippen molar-refractivity contribution in [3.8, 4) is 0 Å². The molecule has 0 aliphatic rings. The van der Waals surface area contributed by atoms with Crippen molar-refractivity contribution in [1.29, 1.82) is 0 Å². The second-order valence-electron chi connectivity index (χ2n) is 5.95. The van der Waals surface area contributed by atoms with Gasteiger partial charge in [0.2, 0.25) is 0 Å². The average Bonchev–Trinajstić information content (AvgIpc) is 3.31. The third-order valence-corrected chi connectivity index (χ3v) is 4.96. The Labute approximate surface area is 157 Å². The van der Waals surface area contributed by atoms with Crippen LogP contribution in [-0.2, 0) is 12.7 Å². The van der Waals surface area contributed by atoms with Crippen molar-refractivity contribution < 1.29 is 18.0 Å². The van der Waals surface area contributed by atoms with Gasteiger partial charge in [-0.05, 0) is 35.6 Å². The Balaban J connectivity index is 1.69. The van der Waals surface area contributed by atoms with Crippen molar-refractivity contribution in [3.05, 3.63) is 69.7 Å². The maximum atomic E-state index is 12.8. The SMILES string of the molecule is CC[C@@H](NC(=O)c1cn(Cc2cccc(C(F)(F)F)c2)nn1)c1cccs1. The van der Waals surface area contributed by atoms with Crippen LogP contribution in [0.15, 0.2) is 48.0 Å². The molecule has 27 heavy (non-hydrogen) atoms. The number of amides is 1. The van der Waals surface area contributed by atoms with Crippen LogP contribution >= 0.6 is 11.3 Å². The molecule has 0 fully saturated rings. The Hall–Kier alpha value is -2.68. The van der Waals surface area contributed by atoms with Crippen LogP contribution in [0.5, 0.6) is 0 Å². The van der Waals surface area contributed by atoms with Gasteiger partial charge in [-0.1, -0.05) is 30.3 Å². The van der Waals surface area contributed by atoms with Crippen molar-refractivity contribution in [2.24, 2.45) is 0 Å². The monoisotopic (exact) mass is 394 g/mol. The fourth-order valence-electron chi connectivity index (χ4n) is 2.61. The van der Waals surface area contributed by atoms with Gasteiger partial charge in [-0.3, -0.25) is 4.79 Å². The number of carbonyl (C=O) groups excluding carboxylic acids is 1. The number of hydrogen-bond donors (Lipinski definition) is 1. The van der Waals surface area contributed by atoms with Crippen LogP contribution in [-0.4, -0.2) is 20.9 Å². The van der Waals surface area contributed by atoms with Crippen LogP contribution < -0.4 is 5.32 Å². The van der Waals surface area contributed by atoms with E-state index in [1.165, 1.54) is 16.9 Å². The first-order chi connectivity index (χ1) is 12.9. The van der Waals surface area contributed by atoms with Gasteiger partial charge in [-0.15, -0.1) is 16.4 Å². The van der Waals surface area contributed by atoms with E-state index in [2.05, 4.69) is 15.6 Å². The molecule has 0 saturated carbocycles. The van der Waals surface area contributed by atoms with Crippen LogP contribution in [0.25, 0.3) is 0 Å². The van der Waals surface area contributed by atoms with Crippen molar-refractivity contribution in [2.75, 3.05) is 0 Å². The summed E-state index contributed by atoms with van der Waals surface area (Å²) in [5.74, 6) is -0.370. The number of benzene rings is 1. The van der Waals surface area contributed by atoms with Crippen LogP contribution in [0.2, 0.25) is 0 Å². The molecule has 1 atom stereocenters. The number of hydrogen-bond acceptors (Lipinski definition) is 4. The van der Waals surface area contributed by atoms with Crippen molar-refractivity contribution in [1.82, 2.24) is 20.3 Å². The molecule has 0 radical (unpaired) electrons. The van der Waals surface area contributed by atoms with E-state index in [1.54, 1.807) is 17.4 Å². The van der Waals surface area contributed by atoms with Crippen molar-refractivity contribution >= 4 is 17.2 Å². The highest BCUT2D eigenvalue weighted by Gasteiger charge is 2.30. The lowest BCUT2D eigenvalue weighted by Gasteiger charge is -2.14. The lowest BCUT2D eigenvalue weighted by atomic mass is 10.1. The zero-order chi connectivity index (χ0) is 19.4. The molecule has 1 amide bonds. The van der Waals surface area contributed by atoms with E-state index in [0.717, 1.165) is 23.4 Å². The predicted molar refractivity (Wildman–Crippen MR) is 95.4 cm³/mol. The first-order valence-electron chi connectivity index (χ1n) is 8.27. The molecule has 0 aliphatic heterocycles. The quantitative estimate of drug-likeness (QED) is 0.679. The van der Waals surface area contributed by atoms with Crippen molar-refractivity contribution in [2.45, 2.75) is 32.1 Å². The number of aromatic nitrogens is 3. The van der Waals surface area contributed by atoms with Gasteiger partial charge in [0.25, 0.3) is 5.91 Å². The van der Waals surface area contributed by atoms with Gasteiger partial charge in [0.05, 0.1) is 24.3 Å². The second-order valence-corrected chi connectivity index (χ2v) is 6.93. The summed E-state index contributed by atoms with van der Waals surface area (Å²) in [4.78, 5) is 13.4. The molecule has 1 N–H and O–H groups in total. The summed E-state index contributed by atoms with van der Waals surface area (Å²) >= 11 is 1.56. The minimum absolute atomic E-state index is 0.0896. The molecule has 0 bridgehead atoms. The van der Waals surface area contributed by atoms with Gasteiger partial charge in [0.1, 0.15) is 0 Å². The second kappa shape index (κ2) is 7.91. The zero-order valence-corrected chi connectivity index (χ0v) is 15.2. The molecule has 3 rings (SSSR count). The van der Waals surface area contributed by atoms with Gasteiger partial charge in [-0.25, -0.2) is 4.68 Å². The van der Waals surface area contributed by atoms with Crippen LogP contribution in [0.4, 0.5) is 13.2 Å². The van der Waals surface area contributed by atoms with E-state index < -0.39 is 11.7 Å². The zero-order valence-electron chi connectivity index (χ0n) is 14.4. The average molecular weight is 394 g/mol. The maximum absolute atomic E-state index is 12.8. The number of thiophene rings is 1. The topological polar surface area (TPSA) is 59.8 Å². The molecule has 0 saturated heterocycles. The van der Waals surface area contributed by atoms with E-state index in [9.17, 15) is 18.0 Å². The van der Waals surface area contributed by atoms with Crippen LogP contribution in [0.3, 0.4) is 0 Å². The summed E-state index contributed by atoms with van der Waals surface area (Å²) in [6, 6.07) is 8.73.